The topological polar surface area (TPSA) is 100 Å². The van der Waals surface area contributed by atoms with Gasteiger partial charge in [0.15, 0.2) is 0 Å². The van der Waals surface area contributed by atoms with Gasteiger partial charge < -0.3 is 30.3 Å². The molecule has 0 spiro atoms. The molecule has 1 amide bonds. The largest absolute Gasteiger partial charge is 0.491 e. The van der Waals surface area contributed by atoms with Crippen molar-refractivity contribution < 1.29 is 33.3 Å². The van der Waals surface area contributed by atoms with Crippen LogP contribution < -0.4 is 15.4 Å². The van der Waals surface area contributed by atoms with Gasteiger partial charge in [0.2, 0.25) is 0 Å². The van der Waals surface area contributed by atoms with E-state index in [1.807, 2.05) is 45.9 Å². The zero-order chi connectivity index (χ0) is 25.0. The maximum absolute atomic E-state index is 13.6. The van der Waals surface area contributed by atoms with E-state index >= 15 is 0 Å². The molecule has 1 aliphatic heterocycles. The number of hydrogen-bond donors (Lipinski definition) is 4. The van der Waals surface area contributed by atoms with Crippen molar-refractivity contribution >= 4 is 6.09 Å². The summed E-state index contributed by atoms with van der Waals surface area (Å²) >= 11 is 0. The summed E-state index contributed by atoms with van der Waals surface area (Å²) in [4.78, 5) is 11.3. The standard InChI is InChI=1S/C25H32F2N2O5/c1-14(2)34-18-5-6-20-19(11-18)22(13-33-25(20,3)4)28-12-23(30)21(29-24(31)32)9-15-7-16(26)10-17(27)8-15/h5-8,10-11,14,21-23,28-30H,9,12-13H2,1-4H3,(H,31,32)/t21-,22?,23-/m1/s1. The number of ether oxygens (including phenoxy) is 2. The van der Waals surface area contributed by atoms with E-state index in [0.717, 1.165) is 35.1 Å². The Morgan fingerprint density at radius 1 is 1.21 bits per heavy atom. The van der Waals surface area contributed by atoms with Gasteiger partial charge in [-0.05, 0) is 75.1 Å². The molecule has 2 aromatic rings. The van der Waals surface area contributed by atoms with E-state index in [0.29, 0.717) is 6.61 Å². The molecule has 0 aliphatic carbocycles. The fourth-order valence-electron chi connectivity index (χ4n) is 4.18. The van der Waals surface area contributed by atoms with Crippen molar-refractivity contribution in [2.45, 2.75) is 64.0 Å². The zero-order valence-corrected chi connectivity index (χ0v) is 19.8. The van der Waals surface area contributed by atoms with Crippen molar-refractivity contribution in [3.8, 4) is 5.75 Å². The van der Waals surface area contributed by atoms with Crippen LogP contribution in [0, 0.1) is 11.6 Å². The van der Waals surface area contributed by atoms with Crippen LogP contribution in [0.25, 0.3) is 0 Å². The van der Waals surface area contributed by atoms with Gasteiger partial charge >= 0.3 is 6.09 Å². The second-order valence-electron chi connectivity index (χ2n) is 9.30. The van der Waals surface area contributed by atoms with Crippen LogP contribution >= 0.6 is 0 Å². The Labute approximate surface area is 198 Å². The maximum Gasteiger partial charge on any atom is 0.404 e. The summed E-state index contributed by atoms with van der Waals surface area (Å²) in [5.41, 5.74) is 1.69. The van der Waals surface area contributed by atoms with E-state index in [4.69, 9.17) is 9.47 Å². The van der Waals surface area contributed by atoms with Crippen molar-refractivity contribution in [3.05, 3.63) is 64.7 Å². The quantitative estimate of drug-likeness (QED) is 0.437. The lowest BCUT2D eigenvalue weighted by atomic mass is 9.86. The van der Waals surface area contributed by atoms with E-state index in [1.165, 1.54) is 0 Å². The summed E-state index contributed by atoms with van der Waals surface area (Å²) in [7, 11) is 0. The van der Waals surface area contributed by atoms with Crippen LogP contribution in [0.15, 0.2) is 36.4 Å². The third-order valence-corrected chi connectivity index (χ3v) is 5.75. The number of nitrogens with one attached hydrogen (secondary N) is 2. The molecule has 2 aromatic carbocycles. The highest BCUT2D eigenvalue weighted by molar-refractivity contribution is 5.65. The Balaban J connectivity index is 1.76. The first-order valence-electron chi connectivity index (χ1n) is 11.3. The Bertz CT molecular complexity index is 995. The lowest BCUT2D eigenvalue weighted by Crippen LogP contribution is -2.49. The third kappa shape index (κ3) is 6.65. The predicted octanol–water partition coefficient (Wildman–Crippen LogP) is 3.89. The zero-order valence-electron chi connectivity index (χ0n) is 19.8. The molecule has 7 nitrogen and oxygen atoms in total. The Hall–Kier alpha value is -2.75. The first-order chi connectivity index (χ1) is 15.9. The molecule has 0 saturated heterocycles. The molecule has 1 aliphatic rings. The second-order valence-corrected chi connectivity index (χ2v) is 9.30. The number of fused-ring (bicyclic) bond motifs is 1. The smallest absolute Gasteiger partial charge is 0.404 e. The fraction of sp³-hybridized carbons (Fsp3) is 0.480. The number of amides is 1. The molecular formula is C25H32F2N2O5. The van der Waals surface area contributed by atoms with Gasteiger partial charge in [-0.25, -0.2) is 13.6 Å². The van der Waals surface area contributed by atoms with E-state index in [9.17, 15) is 23.8 Å². The molecule has 9 heteroatoms. The minimum atomic E-state index is -1.34. The van der Waals surface area contributed by atoms with E-state index in [1.54, 1.807) is 0 Å². The van der Waals surface area contributed by atoms with Crippen LogP contribution in [0.4, 0.5) is 13.6 Å². The van der Waals surface area contributed by atoms with Crippen LogP contribution in [0.1, 0.15) is 50.4 Å². The summed E-state index contributed by atoms with van der Waals surface area (Å²) in [6, 6.07) is 7.52. The maximum atomic E-state index is 13.6. The molecule has 1 unspecified atom stereocenters. The summed E-state index contributed by atoms with van der Waals surface area (Å²) < 4.78 is 39.0. The van der Waals surface area contributed by atoms with Gasteiger partial charge in [0.1, 0.15) is 17.4 Å². The van der Waals surface area contributed by atoms with Crippen molar-refractivity contribution in [2.24, 2.45) is 0 Å². The predicted molar refractivity (Wildman–Crippen MR) is 123 cm³/mol. The first-order valence-corrected chi connectivity index (χ1v) is 11.3. The van der Waals surface area contributed by atoms with E-state index in [2.05, 4.69) is 10.6 Å². The molecule has 3 rings (SSSR count). The Morgan fingerprint density at radius 2 is 1.88 bits per heavy atom. The van der Waals surface area contributed by atoms with Gasteiger partial charge in [0.05, 0.1) is 36.5 Å². The molecule has 0 aromatic heterocycles. The van der Waals surface area contributed by atoms with Crippen molar-refractivity contribution in [3.63, 3.8) is 0 Å². The number of carbonyl (C=O) groups is 1. The minimum Gasteiger partial charge on any atom is -0.491 e. The molecule has 0 bridgehead atoms. The van der Waals surface area contributed by atoms with Gasteiger partial charge in [-0.1, -0.05) is 6.07 Å². The van der Waals surface area contributed by atoms with Crippen molar-refractivity contribution in [2.75, 3.05) is 13.2 Å². The van der Waals surface area contributed by atoms with E-state index < -0.39 is 35.5 Å². The number of hydrogen-bond acceptors (Lipinski definition) is 5. The molecule has 34 heavy (non-hydrogen) atoms. The van der Waals surface area contributed by atoms with Crippen LogP contribution in [0.5, 0.6) is 5.75 Å². The molecule has 3 atom stereocenters. The van der Waals surface area contributed by atoms with Crippen LogP contribution in [-0.2, 0) is 16.8 Å². The van der Waals surface area contributed by atoms with Gasteiger partial charge in [-0.2, -0.15) is 0 Å². The molecule has 4 N–H and O–H groups in total. The lowest BCUT2D eigenvalue weighted by molar-refractivity contribution is -0.0487. The number of halogens is 2. The highest BCUT2D eigenvalue weighted by atomic mass is 19.1. The average molecular weight is 479 g/mol. The van der Waals surface area contributed by atoms with Crippen LogP contribution in [0.3, 0.4) is 0 Å². The van der Waals surface area contributed by atoms with Gasteiger partial charge in [0.25, 0.3) is 0 Å². The third-order valence-electron chi connectivity index (χ3n) is 5.75. The average Bonchev–Trinajstić information content (AvgIpc) is 2.71. The molecule has 186 valence electrons. The molecule has 1 heterocycles. The SMILES string of the molecule is CC(C)Oc1ccc2c(c1)C(NC[C@@H](O)[C@@H](Cc1cc(F)cc(F)c1)NC(=O)O)COC2(C)C. The fourth-order valence-corrected chi connectivity index (χ4v) is 4.18. The van der Waals surface area contributed by atoms with E-state index in [-0.39, 0.29) is 30.7 Å². The van der Waals surface area contributed by atoms with Gasteiger partial charge in [0, 0.05) is 12.6 Å². The van der Waals surface area contributed by atoms with Crippen molar-refractivity contribution in [1.82, 2.24) is 10.6 Å². The van der Waals surface area contributed by atoms with Crippen LogP contribution in [-0.4, -0.2) is 47.7 Å². The van der Waals surface area contributed by atoms with Crippen molar-refractivity contribution in [1.29, 1.82) is 0 Å². The summed E-state index contributed by atoms with van der Waals surface area (Å²) in [6.07, 6.45) is -2.59. The Morgan fingerprint density at radius 3 is 2.50 bits per heavy atom. The molecule has 0 radical (unpaired) electrons. The summed E-state index contributed by atoms with van der Waals surface area (Å²) in [6.45, 7) is 8.20. The number of carboxylic acid groups (broad SMARTS) is 1. The van der Waals surface area contributed by atoms with Gasteiger partial charge in [-0.15, -0.1) is 0 Å². The minimum absolute atomic E-state index is 0.00893. The first kappa shape index (κ1) is 25.9. The molecular weight excluding hydrogens is 446 g/mol. The van der Waals surface area contributed by atoms with Crippen LogP contribution in [0.2, 0.25) is 0 Å². The number of aliphatic hydroxyl groups is 1. The van der Waals surface area contributed by atoms with Gasteiger partial charge in [-0.3, -0.25) is 0 Å². The highest BCUT2D eigenvalue weighted by Gasteiger charge is 2.34. The summed E-state index contributed by atoms with van der Waals surface area (Å²) in [5, 5.41) is 25.5. The Kier molecular flexibility index (Phi) is 8.12. The number of benzene rings is 2. The number of aliphatic hydroxyl groups excluding tert-OH is 1. The number of rotatable bonds is 9. The molecule has 0 saturated carbocycles. The summed E-state index contributed by atoms with van der Waals surface area (Å²) in [5.74, 6) is -0.818. The highest BCUT2D eigenvalue weighted by Crippen LogP contribution is 2.38. The molecule has 0 fully saturated rings. The second kappa shape index (κ2) is 10.7. The normalized spacial score (nSPS) is 18.8. The lowest BCUT2D eigenvalue weighted by Gasteiger charge is -2.38. The monoisotopic (exact) mass is 478 g/mol.